The van der Waals surface area contributed by atoms with E-state index in [0.717, 1.165) is 38.1 Å². The summed E-state index contributed by atoms with van der Waals surface area (Å²) >= 11 is 1.93. The summed E-state index contributed by atoms with van der Waals surface area (Å²) in [5.74, 6) is 0.173. The van der Waals surface area contributed by atoms with Crippen LogP contribution in [0.3, 0.4) is 0 Å². The maximum atomic E-state index is 12.5. The molecule has 0 aromatic carbocycles. The number of carboxylic acid groups (broad SMARTS) is 1. The maximum Gasteiger partial charge on any atom is 0.320 e. The van der Waals surface area contributed by atoms with Gasteiger partial charge in [0.05, 0.1) is 6.42 Å². The summed E-state index contributed by atoms with van der Waals surface area (Å²) in [7, 11) is 0. The molecule has 2 saturated heterocycles. The van der Waals surface area contributed by atoms with Gasteiger partial charge in [-0.15, -0.1) is 0 Å². The van der Waals surface area contributed by atoms with E-state index < -0.39 is 5.97 Å². The fraction of sp³-hybridized carbons (Fsp3) is 0.846. The molecule has 0 aliphatic carbocycles. The number of amides is 2. The molecule has 2 fully saturated rings. The predicted molar refractivity (Wildman–Crippen MR) is 75.5 cm³/mol. The van der Waals surface area contributed by atoms with Gasteiger partial charge in [-0.05, 0) is 19.3 Å². The normalized spacial score (nSPS) is 27.6. The summed E-state index contributed by atoms with van der Waals surface area (Å²) in [5.41, 5.74) is 0. The van der Waals surface area contributed by atoms with Gasteiger partial charge in [-0.3, -0.25) is 4.79 Å². The van der Waals surface area contributed by atoms with Crippen LogP contribution >= 0.6 is 11.8 Å². The highest BCUT2D eigenvalue weighted by Gasteiger charge is 2.34. The number of carbonyl (C=O) groups excluding carboxylic acids is 1. The number of hydrogen-bond donors (Lipinski definition) is 1. The van der Waals surface area contributed by atoms with E-state index in [-0.39, 0.29) is 18.5 Å². The molecule has 0 spiro atoms. The maximum absolute atomic E-state index is 12.5. The van der Waals surface area contributed by atoms with Gasteiger partial charge in [-0.1, -0.05) is 6.92 Å². The summed E-state index contributed by atoms with van der Waals surface area (Å²) in [6, 6.07) is -0.0674. The Morgan fingerprint density at radius 2 is 2.16 bits per heavy atom. The van der Waals surface area contributed by atoms with Crippen molar-refractivity contribution in [3.63, 3.8) is 0 Å². The first-order valence-electron chi connectivity index (χ1n) is 7.00. The van der Waals surface area contributed by atoms with Crippen molar-refractivity contribution in [2.45, 2.75) is 43.9 Å². The van der Waals surface area contributed by atoms with Gasteiger partial charge in [-0.25, -0.2) is 4.79 Å². The minimum atomic E-state index is -0.815. The van der Waals surface area contributed by atoms with Crippen molar-refractivity contribution < 1.29 is 14.7 Å². The molecule has 2 rings (SSSR count). The van der Waals surface area contributed by atoms with E-state index in [1.165, 1.54) is 0 Å². The number of aliphatic carboxylic acids is 1. The molecule has 2 amide bonds. The number of urea groups is 1. The lowest BCUT2D eigenvalue weighted by Crippen LogP contribution is -2.50. The number of thioether (sulfide) groups is 1. The average Bonchev–Trinajstić information content (AvgIpc) is 2.85. The van der Waals surface area contributed by atoms with Crippen LogP contribution in [0, 0.1) is 0 Å². The molecule has 0 radical (unpaired) electrons. The molecule has 0 bridgehead atoms. The molecular weight excluding hydrogens is 264 g/mol. The summed E-state index contributed by atoms with van der Waals surface area (Å²) in [6.07, 6.45) is 2.89. The minimum absolute atomic E-state index is 0.0440. The van der Waals surface area contributed by atoms with Gasteiger partial charge in [0.25, 0.3) is 0 Å². The first-order valence-corrected chi connectivity index (χ1v) is 8.05. The van der Waals surface area contributed by atoms with Gasteiger partial charge in [0, 0.05) is 36.7 Å². The Morgan fingerprint density at radius 3 is 2.84 bits per heavy atom. The van der Waals surface area contributed by atoms with E-state index >= 15 is 0 Å². The predicted octanol–water partition coefficient (Wildman–Crippen LogP) is 1.87. The fourth-order valence-corrected chi connectivity index (χ4v) is 4.00. The first kappa shape index (κ1) is 14.5. The van der Waals surface area contributed by atoms with E-state index in [4.69, 9.17) is 5.11 Å². The standard InChI is InChI=1S/C13H22N2O3S/c1-2-11-9-14(6-7-19-11)13(18)15-5-3-4-10(15)8-12(16)17/h10-11H,2-9H2,1H3,(H,16,17). The van der Waals surface area contributed by atoms with E-state index in [1.807, 2.05) is 16.7 Å². The van der Waals surface area contributed by atoms with Crippen LogP contribution in [0.5, 0.6) is 0 Å². The van der Waals surface area contributed by atoms with Crippen molar-refractivity contribution in [3.8, 4) is 0 Å². The monoisotopic (exact) mass is 286 g/mol. The molecule has 5 nitrogen and oxygen atoms in total. The second-order valence-electron chi connectivity index (χ2n) is 5.22. The van der Waals surface area contributed by atoms with Gasteiger partial charge < -0.3 is 14.9 Å². The van der Waals surface area contributed by atoms with Crippen LogP contribution in [-0.4, -0.2) is 63.6 Å². The number of nitrogens with zero attached hydrogens (tertiary/aromatic N) is 2. The summed E-state index contributed by atoms with van der Waals surface area (Å²) in [4.78, 5) is 27.0. The SMILES string of the molecule is CCC1CN(C(=O)N2CCCC2CC(=O)O)CCS1. The molecule has 2 aliphatic heterocycles. The number of carbonyl (C=O) groups is 2. The van der Waals surface area contributed by atoms with Crippen molar-refractivity contribution >= 4 is 23.8 Å². The Labute approximate surface area is 118 Å². The lowest BCUT2D eigenvalue weighted by molar-refractivity contribution is -0.138. The van der Waals surface area contributed by atoms with Gasteiger partial charge in [0.2, 0.25) is 0 Å². The molecule has 0 saturated carbocycles. The van der Waals surface area contributed by atoms with Crippen LogP contribution in [0.15, 0.2) is 0 Å². The fourth-order valence-electron chi connectivity index (χ4n) is 2.82. The third-order valence-electron chi connectivity index (χ3n) is 3.90. The van der Waals surface area contributed by atoms with Crippen molar-refractivity contribution in [3.05, 3.63) is 0 Å². The molecule has 1 N–H and O–H groups in total. The second-order valence-corrected chi connectivity index (χ2v) is 6.63. The Bertz CT molecular complexity index is 351. The van der Waals surface area contributed by atoms with E-state index in [9.17, 15) is 9.59 Å². The number of rotatable bonds is 3. The Morgan fingerprint density at radius 1 is 1.37 bits per heavy atom. The molecular formula is C13H22N2O3S. The Balaban J connectivity index is 1.96. The molecule has 6 heteroatoms. The van der Waals surface area contributed by atoms with Crippen LogP contribution in [0.2, 0.25) is 0 Å². The topological polar surface area (TPSA) is 60.9 Å². The summed E-state index contributed by atoms with van der Waals surface area (Å²) < 4.78 is 0. The van der Waals surface area contributed by atoms with E-state index in [0.29, 0.717) is 11.8 Å². The highest BCUT2D eigenvalue weighted by Crippen LogP contribution is 2.26. The minimum Gasteiger partial charge on any atom is -0.481 e. The largest absolute Gasteiger partial charge is 0.481 e. The average molecular weight is 286 g/mol. The van der Waals surface area contributed by atoms with Crippen LogP contribution in [0.4, 0.5) is 4.79 Å². The Hall–Kier alpha value is -0.910. The molecule has 2 aliphatic rings. The van der Waals surface area contributed by atoms with Crippen LogP contribution in [0.1, 0.15) is 32.6 Å². The molecule has 0 aromatic rings. The van der Waals surface area contributed by atoms with Crippen molar-refractivity contribution in [1.29, 1.82) is 0 Å². The van der Waals surface area contributed by atoms with E-state index in [2.05, 4.69) is 6.92 Å². The summed E-state index contributed by atoms with van der Waals surface area (Å²) in [6.45, 7) is 4.44. The smallest absolute Gasteiger partial charge is 0.320 e. The third kappa shape index (κ3) is 3.55. The van der Waals surface area contributed by atoms with Crippen molar-refractivity contribution in [2.24, 2.45) is 0 Å². The summed E-state index contributed by atoms with van der Waals surface area (Å²) in [5, 5.41) is 9.44. The second kappa shape index (κ2) is 6.50. The lowest BCUT2D eigenvalue weighted by Gasteiger charge is -2.36. The zero-order valence-electron chi connectivity index (χ0n) is 11.4. The zero-order chi connectivity index (χ0) is 13.8. The van der Waals surface area contributed by atoms with Gasteiger partial charge in [-0.2, -0.15) is 11.8 Å². The molecule has 0 aromatic heterocycles. The van der Waals surface area contributed by atoms with E-state index in [1.54, 1.807) is 4.90 Å². The lowest BCUT2D eigenvalue weighted by atomic mass is 10.1. The highest BCUT2D eigenvalue weighted by atomic mass is 32.2. The van der Waals surface area contributed by atoms with Crippen LogP contribution in [-0.2, 0) is 4.79 Å². The number of carboxylic acids is 1. The molecule has 2 atom stereocenters. The molecule has 108 valence electrons. The van der Waals surface area contributed by atoms with Gasteiger partial charge in [0.15, 0.2) is 0 Å². The van der Waals surface area contributed by atoms with Crippen LogP contribution < -0.4 is 0 Å². The van der Waals surface area contributed by atoms with Crippen molar-refractivity contribution in [1.82, 2.24) is 9.80 Å². The van der Waals surface area contributed by atoms with Gasteiger partial charge in [0.1, 0.15) is 0 Å². The van der Waals surface area contributed by atoms with Crippen LogP contribution in [0.25, 0.3) is 0 Å². The molecule has 2 unspecified atom stereocenters. The van der Waals surface area contributed by atoms with Crippen molar-refractivity contribution in [2.75, 3.05) is 25.4 Å². The third-order valence-corrected chi connectivity index (χ3v) is 5.27. The zero-order valence-corrected chi connectivity index (χ0v) is 12.2. The first-order chi connectivity index (χ1) is 9.11. The molecule has 2 heterocycles. The highest BCUT2D eigenvalue weighted by molar-refractivity contribution is 8.00. The number of hydrogen-bond acceptors (Lipinski definition) is 3. The quantitative estimate of drug-likeness (QED) is 0.860. The number of likely N-dealkylation sites (tertiary alicyclic amines) is 1. The van der Waals surface area contributed by atoms with Gasteiger partial charge >= 0.3 is 12.0 Å². The molecule has 19 heavy (non-hydrogen) atoms. The Kier molecular flexibility index (Phi) is 4.96.